The lowest BCUT2D eigenvalue weighted by atomic mass is 9.92. The molecule has 0 heterocycles. The first kappa shape index (κ1) is 28.4. The standard InChI is InChI=1S/C30H28O7S2/c1-2-3-16-37-22-10-12-23(13-11-22)38-28-15-9-21(18-29(28)39(34,35)36)24-6-4-5-7-25(24)30(33)26-17-20(19-31)8-14-27(26)32/h4-15,17-19,30,32-33H,2-3,16H2,1H3,(H,34,35,36). The second kappa shape index (κ2) is 12.5. The Labute approximate surface area is 231 Å². The molecule has 4 aromatic carbocycles. The zero-order valence-corrected chi connectivity index (χ0v) is 22.8. The summed E-state index contributed by atoms with van der Waals surface area (Å²) in [5.41, 5.74) is 1.74. The maximum absolute atomic E-state index is 12.4. The van der Waals surface area contributed by atoms with Crippen LogP contribution in [0.15, 0.2) is 99.6 Å². The minimum absolute atomic E-state index is 0.136. The van der Waals surface area contributed by atoms with Crippen LogP contribution in [0.2, 0.25) is 0 Å². The van der Waals surface area contributed by atoms with Crippen molar-refractivity contribution < 1.29 is 32.7 Å². The molecule has 39 heavy (non-hydrogen) atoms. The van der Waals surface area contributed by atoms with Gasteiger partial charge in [0, 0.05) is 20.9 Å². The Balaban J connectivity index is 1.69. The highest BCUT2D eigenvalue weighted by Crippen LogP contribution is 2.39. The topological polar surface area (TPSA) is 121 Å². The monoisotopic (exact) mass is 564 g/mol. The number of unbranched alkanes of at least 4 members (excludes halogenated alkanes) is 1. The highest BCUT2D eigenvalue weighted by Gasteiger charge is 2.22. The normalized spacial score (nSPS) is 12.2. The van der Waals surface area contributed by atoms with Crippen LogP contribution >= 0.6 is 11.8 Å². The fraction of sp³-hybridized carbons (Fsp3) is 0.167. The molecule has 0 saturated heterocycles. The SMILES string of the molecule is CCCCOc1ccc(Sc2ccc(-c3ccccc3C(O)c3cc(C=O)ccc3O)cc2S(=O)(=O)O)cc1. The lowest BCUT2D eigenvalue weighted by Gasteiger charge is -2.18. The third-order valence-electron chi connectivity index (χ3n) is 6.09. The first-order chi connectivity index (χ1) is 18.7. The van der Waals surface area contributed by atoms with E-state index >= 15 is 0 Å². The summed E-state index contributed by atoms with van der Waals surface area (Å²) < 4.78 is 40.5. The number of carbonyl (C=O) groups excluding carboxylic acids is 1. The number of aromatic hydroxyl groups is 1. The van der Waals surface area contributed by atoms with Gasteiger partial charge < -0.3 is 14.9 Å². The molecular formula is C30H28O7S2. The summed E-state index contributed by atoms with van der Waals surface area (Å²) in [6.45, 7) is 2.70. The number of aliphatic hydroxyl groups is 1. The molecule has 0 bridgehead atoms. The second-order valence-corrected chi connectivity index (χ2v) is 11.3. The van der Waals surface area contributed by atoms with Crippen LogP contribution in [0.3, 0.4) is 0 Å². The Bertz CT molecular complexity index is 1560. The first-order valence-corrected chi connectivity index (χ1v) is 14.5. The number of aldehydes is 1. The van der Waals surface area contributed by atoms with Gasteiger partial charge in [-0.05, 0) is 77.7 Å². The predicted molar refractivity (Wildman–Crippen MR) is 150 cm³/mol. The average Bonchev–Trinajstić information content (AvgIpc) is 2.94. The van der Waals surface area contributed by atoms with Gasteiger partial charge in [-0.2, -0.15) is 8.42 Å². The largest absolute Gasteiger partial charge is 0.508 e. The fourth-order valence-corrected chi connectivity index (χ4v) is 5.92. The smallest absolute Gasteiger partial charge is 0.295 e. The molecule has 0 saturated carbocycles. The maximum Gasteiger partial charge on any atom is 0.295 e. The van der Waals surface area contributed by atoms with Crippen LogP contribution in [-0.4, -0.2) is 36.1 Å². The highest BCUT2D eigenvalue weighted by molar-refractivity contribution is 8.00. The summed E-state index contributed by atoms with van der Waals surface area (Å²) in [6.07, 6.45) is 1.29. The number of benzene rings is 4. The lowest BCUT2D eigenvalue weighted by Crippen LogP contribution is -2.04. The number of rotatable bonds is 11. The van der Waals surface area contributed by atoms with E-state index in [0.717, 1.165) is 23.5 Å². The van der Waals surface area contributed by atoms with Crippen LogP contribution in [0, 0.1) is 0 Å². The van der Waals surface area contributed by atoms with Crippen molar-refractivity contribution in [1.82, 2.24) is 0 Å². The average molecular weight is 565 g/mol. The highest BCUT2D eigenvalue weighted by atomic mass is 32.2. The van der Waals surface area contributed by atoms with E-state index in [-0.39, 0.29) is 21.8 Å². The second-order valence-electron chi connectivity index (χ2n) is 8.84. The summed E-state index contributed by atoms with van der Waals surface area (Å²) in [5.74, 6) is 0.535. The molecule has 0 aliphatic carbocycles. The Morgan fingerprint density at radius 1 is 0.949 bits per heavy atom. The number of phenolic OH excluding ortho intramolecular Hbond substituents is 1. The molecule has 7 nitrogen and oxygen atoms in total. The van der Waals surface area contributed by atoms with Gasteiger partial charge in [-0.3, -0.25) is 9.35 Å². The number of hydrogen-bond donors (Lipinski definition) is 3. The van der Waals surface area contributed by atoms with Crippen LogP contribution in [0.4, 0.5) is 0 Å². The zero-order chi connectivity index (χ0) is 28.0. The number of hydrogen-bond acceptors (Lipinski definition) is 7. The molecule has 0 amide bonds. The van der Waals surface area contributed by atoms with E-state index in [9.17, 15) is 28.0 Å². The van der Waals surface area contributed by atoms with Crippen LogP contribution in [-0.2, 0) is 10.1 Å². The van der Waals surface area contributed by atoms with Crippen LogP contribution in [0.1, 0.15) is 47.4 Å². The van der Waals surface area contributed by atoms with E-state index in [2.05, 4.69) is 6.92 Å². The van der Waals surface area contributed by atoms with E-state index in [4.69, 9.17) is 4.74 Å². The van der Waals surface area contributed by atoms with Gasteiger partial charge in [-0.1, -0.05) is 55.4 Å². The van der Waals surface area contributed by atoms with Crippen molar-refractivity contribution in [2.24, 2.45) is 0 Å². The minimum atomic E-state index is -4.60. The molecule has 0 aliphatic rings. The van der Waals surface area contributed by atoms with Crippen molar-refractivity contribution in [2.45, 2.75) is 40.6 Å². The molecule has 4 aromatic rings. The van der Waals surface area contributed by atoms with Gasteiger partial charge in [0.15, 0.2) is 0 Å². The van der Waals surface area contributed by atoms with E-state index in [0.29, 0.717) is 34.5 Å². The number of phenols is 1. The Morgan fingerprint density at radius 2 is 1.69 bits per heavy atom. The van der Waals surface area contributed by atoms with E-state index in [1.54, 1.807) is 36.4 Å². The number of carbonyl (C=O) groups is 1. The molecule has 3 N–H and O–H groups in total. The summed E-state index contributed by atoms with van der Waals surface area (Å²) in [6, 6.07) is 22.9. The Kier molecular flexibility index (Phi) is 9.08. The molecule has 0 aliphatic heterocycles. The predicted octanol–water partition coefficient (Wildman–Crippen LogP) is 6.53. The van der Waals surface area contributed by atoms with Crippen LogP contribution < -0.4 is 4.74 Å². The van der Waals surface area contributed by atoms with Gasteiger partial charge in [0.25, 0.3) is 10.1 Å². The summed E-state index contributed by atoms with van der Waals surface area (Å²) in [4.78, 5) is 12.0. The fourth-order valence-electron chi connectivity index (χ4n) is 4.06. The van der Waals surface area contributed by atoms with Crippen molar-refractivity contribution >= 4 is 28.2 Å². The van der Waals surface area contributed by atoms with E-state index in [1.807, 2.05) is 24.3 Å². The minimum Gasteiger partial charge on any atom is -0.508 e. The van der Waals surface area contributed by atoms with Crippen molar-refractivity contribution in [2.75, 3.05) is 6.61 Å². The third kappa shape index (κ3) is 6.88. The zero-order valence-electron chi connectivity index (χ0n) is 21.2. The molecule has 9 heteroatoms. The molecule has 0 spiro atoms. The molecule has 4 rings (SSSR count). The van der Waals surface area contributed by atoms with Gasteiger partial charge in [0.2, 0.25) is 0 Å². The van der Waals surface area contributed by atoms with Crippen molar-refractivity contribution in [3.05, 3.63) is 102 Å². The van der Waals surface area contributed by atoms with Crippen molar-refractivity contribution in [3.8, 4) is 22.6 Å². The molecule has 1 atom stereocenters. The molecule has 0 fully saturated rings. The molecule has 0 aromatic heterocycles. The molecule has 0 radical (unpaired) electrons. The van der Waals surface area contributed by atoms with Crippen LogP contribution in [0.5, 0.6) is 11.5 Å². The van der Waals surface area contributed by atoms with Gasteiger partial charge in [-0.15, -0.1) is 0 Å². The summed E-state index contributed by atoms with van der Waals surface area (Å²) in [7, 11) is -4.60. The number of ether oxygens (including phenoxy) is 1. The van der Waals surface area contributed by atoms with Gasteiger partial charge in [0.1, 0.15) is 28.8 Å². The summed E-state index contributed by atoms with van der Waals surface area (Å²) >= 11 is 1.19. The Hall–Kier alpha value is -3.63. The third-order valence-corrected chi connectivity index (χ3v) is 8.19. The number of aliphatic hydroxyl groups excluding tert-OH is 1. The molecule has 1 unspecified atom stereocenters. The van der Waals surface area contributed by atoms with E-state index < -0.39 is 16.2 Å². The molecular weight excluding hydrogens is 536 g/mol. The lowest BCUT2D eigenvalue weighted by molar-refractivity contribution is 0.112. The van der Waals surface area contributed by atoms with Gasteiger partial charge in [0.05, 0.1) is 6.61 Å². The van der Waals surface area contributed by atoms with Gasteiger partial charge >= 0.3 is 0 Å². The van der Waals surface area contributed by atoms with Crippen molar-refractivity contribution in [3.63, 3.8) is 0 Å². The van der Waals surface area contributed by atoms with Crippen LogP contribution in [0.25, 0.3) is 11.1 Å². The Morgan fingerprint density at radius 3 is 2.38 bits per heavy atom. The quantitative estimate of drug-likeness (QED) is 0.107. The van der Waals surface area contributed by atoms with Gasteiger partial charge in [-0.25, -0.2) is 0 Å². The summed E-state index contributed by atoms with van der Waals surface area (Å²) in [5, 5.41) is 21.5. The van der Waals surface area contributed by atoms with Crippen molar-refractivity contribution in [1.29, 1.82) is 0 Å². The molecule has 202 valence electrons. The maximum atomic E-state index is 12.4. The first-order valence-electron chi connectivity index (χ1n) is 12.3. The van der Waals surface area contributed by atoms with E-state index in [1.165, 1.54) is 36.0 Å².